The van der Waals surface area contributed by atoms with Crippen LogP contribution in [0.1, 0.15) is 17.3 Å². The minimum atomic E-state index is -1.02. The third-order valence-electron chi connectivity index (χ3n) is 4.25. The van der Waals surface area contributed by atoms with Crippen molar-refractivity contribution in [3.8, 4) is 11.5 Å². The number of fused-ring (bicyclic) bond motifs is 1. The monoisotopic (exact) mass is 430 g/mol. The number of rotatable bonds is 7. The SMILES string of the molecule is CC(OC(=O)c1ccccc1SCC(=O)N(C)C)C(=O)Nc1ccc2c(c1)OCO2. The Bertz CT molecular complexity index is 962. The van der Waals surface area contributed by atoms with Crippen molar-refractivity contribution in [2.45, 2.75) is 17.9 Å². The maximum absolute atomic E-state index is 12.6. The van der Waals surface area contributed by atoms with Gasteiger partial charge >= 0.3 is 5.97 Å². The third-order valence-corrected chi connectivity index (χ3v) is 5.31. The van der Waals surface area contributed by atoms with Gasteiger partial charge in [0.25, 0.3) is 5.91 Å². The molecule has 0 saturated heterocycles. The quantitative estimate of drug-likeness (QED) is 0.533. The fourth-order valence-corrected chi connectivity index (χ4v) is 3.54. The normalized spacial score (nSPS) is 12.8. The number of amides is 2. The minimum Gasteiger partial charge on any atom is -0.454 e. The lowest BCUT2D eigenvalue weighted by Crippen LogP contribution is -2.30. The van der Waals surface area contributed by atoms with E-state index in [1.54, 1.807) is 56.6 Å². The number of nitrogens with one attached hydrogen (secondary N) is 1. The Hall–Kier alpha value is -3.20. The molecule has 1 aliphatic heterocycles. The number of hydrogen-bond acceptors (Lipinski definition) is 7. The molecule has 1 heterocycles. The molecule has 0 aliphatic carbocycles. The van der Waals surface area contributed by atoms with E-state index in [-0.39, 0.29) is 18.5 Å². The van der Waals surface area contributed by atoms with E-state index in [1.165, 1.54) is 23.6 Å². The summed E-state index contributed by atoms with van der Waals surface area (Å²) >= 11 is 1.24. The summed E-state index contributed by atoms with van der Waals surface area (Å²) in [6.07, 6.45) is -1.02. The van der Waals surface area contributed by atoms with Crippen LogP contribution >= 0.6 is 11.8 Å². The van der Waals surface area contributed by atoms with Crippen molar-refractivity contribution in [3.63, 3.8) is 0 Å². The van der Waals surface area contributed by atoms with E-state index in [9.17, 15) is 14.4 Å². The van der Waals surface area contributed by atoms with Crippen molar-refractivity contribution in [2.24, 2.45) is 0 Å². The maximum Gasteiger partial charge on any atom is 0.340 e. The molecule has 2 aromatic carbocycles. The van der Waals surface area contributed by atoms with Crippen LogP contribution in [0.4, 0.5) is 5.69 Å². The molecule has 2 aromatic rings. The summed E-state index contributed by atoms with van der Waals surface area (Å²) in [4.78, 5) is 39.0. The zero-order chi connectivity index (χ0) is 21.7. The van der Waals surface area contributed by atoms with E-state index in [0.717, 1.165) is 0 Å². The molecule has 158 valence electrons. The predicted octanol–water partition coefficient (Wildman–Crippen LogP) is 2.78. The Labute approximate surface area is 178 Å². The molecular weight excluding hydrogens is 408 g/mol. The first-order valence-electron chi connectivity index (χ1n) is 9.18. The highest BCUT2D eigenvalue weighted by atomic mass is 32.2. The van der Waals surface area contributed by atoms with Crippen molar-refractivity contribution in [3.05, 3.63) is 48.0 Å². The molecule has 0 saturated carbocycles. The van der Waals surface area contributed by atoms with Crippen molar-refractivity contribution < 1.29 is 28.6 Å². The first-order chi connectivity index (χ1) is 14.3. The van der Waals surface area contributed by atoms with Crippen LogP contribution in [0.5, 0.6) is 11.5 Å². The van der Waals surface area contributed by atoms with Gasteiger partial charge in [0.05, 0.1) is 11.3 Å². The van der Waals surface area contributed by atoms with Gasteiger partial charge in [-0.15, -0.1) is 11.8 Å². The average Bonchev–Trinajstić information content (AvgIpc) is 3.19. The van der Waals surface area contributed by atoms with Crippen molar-refractivity contribution in [2.75, 3.05) is 32.0 Å². The van der Waals surface area contributed by atoms with Crippen LogP contribution in [0.3, 0.4) is 0 Å². The van der Waals surface area contributed by atoms with E-state index < -0.39 is 18.0 Å². The molecule has 2 amide bonds. The second kappa shape index (κ2) is 9.53. The molecule has 0 radical (unpaired) electrons. The van der Waals surface area contributed by atoms with Gasteiger partial charge < -0.3 is 24.4 Å². The van der Waals surface area contributed by atoms with Gasteiger partial charge in [0.2, 0.25) is 12.7 Å². The number of nitrogens with zero attached hydrogens (tertiary/aromatic N) is 1. The predicted molar refractivity (Wildman–Crippen MR) is 112 cm³/mol. The fourth-order valence-electron chi connectivity index (χ4n) is 2.53. The second-order valence-corrected chi connectivity index (χ2v) is 7.70. The van der Waals surface area contributed by atoms with Crippen LogP contribution in [0, 0.1) is 0 Å². The van der Waals surface area contributed by atoms with Crippen LogP contribution < -0.4 is 14.8 Å². The molecule has 30 heavy (non-hydrogen) atoms. The van der Waals surface area contributed by atoms with Crippen molar-refractivity contribution in [1.29, 1.82) is 0 Å². The Morgan fingerprint density at radius 3 is 2.63 bits per heavy atom. The summed E-state index contributed by atoms with van der Waals surface area (Å²) in [6, 6.07) is 11.8. The molecule has 1 aliphatic rings. The van der Waals surface area contributed by atoms with Crippen LogP contribution in [-0.2, 0) is 14.3 Å². The maximum atomic E-state index is 12.6. The fraction of sp³-hybridized carbons (Fsp3) is 0.286. The highest BCUT2D eigenvalue weighted by molar-refractivity contribution is 8.00. The number of benzene rings is 2. The molecule has 1 unspecified atom stereocenters. The van der Waals surface area contributed by atoms with E-state index in [2.05, 4.69) is 5.32 Å². The van der Waals surface area contributed by atoms with E-state index in [0.29, 0.717) is 27.6 Å². The first kappa shape index (κ1) is 21.5. The zero-order valence-electron chi connectivity index (χ0n) is 16.8. The average molecular weight is 430 g/mol. The lowest BCUT2D eigenvalue weighted by molar-refractivity contribution is -0.126. The lowest BCUT2D eigenvalue weighted by Gasteiger charge is -2.15. The molecule has 0 aromatic heterocycles. The molecule has 1 atom stereocenters. The minimum absolute atomic E-state index is 0.0698. The van der Waals surface area contributed by atoms with Gasteiger partial charge in [0.15, 0.2) is 17.6 Å². The number of esters is 1. The van der Waals surface area contributed by atoms with E-state index in [1.807, 2.05) is 0 Å². The molecule has 3 rings (SSSR count). The van der Waals surface area contributed by atoms with Gasteiger partial charge in [-0.25, -0.2) is 4.79 Å². The lowest BCUT2D eigenvalue weighted by atomic mass is 10.2. The second-order valence-electron chi connectivity index (χ2n) is 6.68. The smallest absolute Gasteiger partial charge is 0.340 e. The molecule has 0 spiro atoms. The van der Waals surface area contributed by atoms with Crippen molar-refractivity contribution in [1.82, 2.24) is 4.90 Å². The third kappa shape index (κ3) is 5.24. The Balaban J connectivity index is 1.61. The van der Waals surface area contributed by atoms with Crippen molar-refractivity contribution >= 4 is 35.2 Å². The van der Waals surface area contributed by atoms with Crippen LogP contribution in [0.15, 0.2) is 47.4 Å². The van der Waals surface area contributed by atoms with Gasteiger partial charge in [-0.05, 0) is 31.2 Å². The first-order valence-corrected chi connectivity index (χ1v) is 10.2. The van der Waals surface area contributed by atoms with Gasteiger partial charge in [-0.3, -0.25) is 9.59 Å². The molecular formula is C21H22N2O6S. The van der Waals surface area contributed by atoms with E-state index in [4.69, 9.17) is 14.2 Å². The molecule has 1 N–H and O–H groups in total. The van der Waals surface area contributed by atoms with Gasteiger partial charge in [0, 0.05) is 30.7 Å². The largest absolute Gasteiger partial charge is 0.454 e. The number of hydrogen-bond donors (Lipinski definition) is 1. The molecule has 8 nitrogen and oxygen atoms in total. The summed E-state index contributed by atoms with van der Waals surface area (Å²) in [5.41, 5.74) is 0.807. The molecule has 0 bridgehead atoms. The number of anilines is 1. The number of thioether (sulfide) groups is 1. The summed E-state index contributed by atoms with van der Waals surface area (Å²) in [7, 11) is 3.34. The zero-order valence-corrected chi connectivity index (χ0v) is 17.7. The summed E-state index contributed by atoms with van der Waals surface area (Å²) < 4.78 is 15.9. The topological polar surface area (TPSA) is 94.2 Å². The summed E-state index contributed by atoms with van der Waals surface area (Å²) in [6.45, 7) is 1.63. The summed E-state index contributed by atoms with van der Waals surface area (Å²) in [5, 5.41) is 2.69. The Morgan fingerprint density at radius 2 is 1.87 bits per heavy atom. The highest BCUT2D eigenvalue weighted by Crippen LogP contribution is 2.34. The Morgan fingerprint density at radius 1 is 1.13 bits per heavy atom. The van der Waals surface area contributed by atoms with Gasteiger partial charge in [-0.2, -0.15) is 0 Å². The van der Waals surface area contributed by atoms with E-state index >= 15 is 0 Å². The standard InChI is InChI=1S/C21H22N2O6S/c1-13(20(25)22-14-8-9-16-17(10-14)28-12-27-16)29-21(26)15-6-4-5-7-18(15)30-11-19(24)23(2)3/h4-10,13H,11-12H2,1-3H3,(H,22,25). The highest BCUT2D eigenvalue weighted by Gasteiger charge is 2.22. The van der Waals surface area contributed by atoms with Crippen LogP contribution in [0.2, 0.25) is 0 Å². The number of ether oxygens (including phenoxy) is 3. The van der Waals surface area contributed by atoms with Crippen LogP contribution in [-0.4, -0.2) is 55.4 Å². The summed E-state index contributed by atoms with van der Waals surface area (Å²) in [5.74, 6) is 0.154. The van der Waals surface area contributed by atoms with Gasteiger partial charge in [0.1, 0.15) is 0 Å². The molecule has 9 heteroatoms. The van der Waals surface area contributed by atoms with Gasteiger partial charge in [-0.1, -0.05) is 12.1 Å². The number of carbonyl (C=O) groups is 3. The Kier molecular flexibility index (Phi) is 6.83. The number of carbonyl (C=O) groups excluding carboxylic acids is 3. The van der Waals surface area contributed by atoms with Crippen LogP contribution in [0.25, 0.3) is 0 Å². The molecule has 0 fully saturated rings.